The van der Waals surface area contributed by atoms with Crippen LogP contribution < -0.4 is 0 Å². The Kier molecular flexibility index (Phi) is 2.21. The smallest absolute Gasteiger partial charge is 0.172 e. The van der Waals surface area contributed by atoms with Crippen molar-refractivity contribution in [2.45, 2.75) is 6.18 Å². The first-order chi connectivity index (χ1) is 5.55. The third-order valence-corrected chi connectivity index (χ3v) is 1.97. The van der Waals surface area contributed by atoms with Crippen molar-refractivity contribution in [1.82, 2.24) is 0 Å². The van der Waals surface area contributed by atoms with Crippen LogP contribution in [0.15, 0.2) is 11.0 Å². The van der Waals surface area contributed by atoms with Crippen LogP contribution >= 0.6 is 10.2 Å². The molecular formula is C3F10S. The first kappa shape index (κ1) is 13.4. The highest BCUT2D eigenvalue weighted by Crippen LogP contribution is 3.03. The lowest BCUT2D eigenvalue weighted by Gasteiger charge is -2.41. The summed E-state index contributed by atoms with van der Waals surface area (Å²) in [5.41, 5.74) is 0. The number of alkyl halides is 3. The molecule has 0 aromatic heterocycles. The van der Waals surface area contributed by atoms with Crippen molar-refractivity contribution in [2.75, 3.05) is 0 Å². The average Bonchev–Trinajstić information content (AvgIpc) is 1.43. The minimum absolute atomic E-state index is 4.50. The number of halogens is 10. The van der Waals surface area contributed by atoms with Crippen LogP contribution in [0.25, 0.3) is 0 Å². The predicted molar refractivity (Wildman–Crippen MR) is 28.4 cm³/mol. The summed E-state index contributed by atoms with van der Waals surface area (Å²) in [4.78, 5) is -5.00. The molecule has 0 radical (unpaired) electrons. The molecule has 0 spiro atoms. The molecule has 0 rings (SSSR count). The molecule has 0 atom stereocenters. The molecule has 0 bridgehead atoms. The third kappa shape index (κ3) is 3.27. The second-order valence-electron chi connectivity index (χ2n) is 2.06. The SMILES string of the molecule is FC(F)=C(C(F)(F)F)S(F)(F)(F)(F)F. The Morgan fingerprint density at radius 1 is 0.786 bits per heavy atom. The molecule has 0 aliphatic carbocycles. The van der Waals surface area contributed by atoms with Crippen molar-refractivity contribution in [3.63, 3.8) is 0 Å². The maximum absolute atomic E-state index is 11.4. The van der Waals surface area contributed by atoms with Crippen molar-refractivity contribution in [1.29, 1.82) is 0 Å². The van der Waals surface area contributed by atoms with Crippen molar-refractivity contribution in [3.05, 3.63) is 11.0 Å². The van der Waals surface area contributed by atoms with Gasteiger partial charge in [-0.2, -0.15) is 22.0 Å². The summed E-state index contributed by atoms with van der Waals surface area (Å²) in [7, 11) is -11.4. The molecule has 88 valence electrons. The van der Waals surface area contributed by atoms with E-state index in [2.05, 4.69) is 0 Å². The Labute approximate surface area is 69.9 Å². The molecule has 0 saturated carbocycles. The van der Waals surface area contributed by atoms with Gasteiger partial charge in [0.05, 0.1) is 0 Å². The average molecular weight is 258 g/mol. The van der Waals surface area contributed by atoms with Gasteiger partial charge in [-0.15, -0.1) is 0 Å². The van der Waals surface area contributed by atoms with Gasteiger partial charge >= 0.3 is 16.4 Å². The van der Waals surface area contributed by atoms with Gasteiger partial charge in [0.15, 0.2) is 0 Å². The summed E-state index contributed by atoms with van der Waals surface area (Å²) < 4.78 is 113. The van der Waals surface area contributed by atoms with E-state index in [4.69, 9.17) is 0 Å². The summed E-state index contributed by atoms with van der Waals surface area (Å²) in [6, 6.07) is 0. The lowest BCUT2D eigenvalue weighted by molar-refractivity contribution is -0.0908. The van der Waals surface area contributed by atoms with E-state index in [9.17, 15) is 41.4 Å². The third-order valence-electron chi connectivity index (χ3n) is 0.815. The molecule has 0 saturated heterocycles. The fraction of sp³-hybridized carbons (Fsp3) is 0.333. The predicted octanol–water partition coefficient (Wildman–Crippen LogP) is 4.96. The Morgan fingerprint density at radius 3 is 1.07 bits per heavy atom. The van der Waals surface area contributed by atoms with Gasteiger partial charge < -0.3 is 0 Å². The first-order valence-corrected chi connectivity index (χ1v) is 4.37. The number of allylic oxidation sites excluding steroid dienone is 1. The van der Waals surface area contributed by atoms with Gasteiger partial charge in [-0.3, -0.25) is 0 Å². The Hall–Kier alpha value is -0.610. The molecule has 0 nitrogen and oxygen atoms in total. The zero-order valence-electron chi connectivity index (χ0n) is 5.69. The van der Waals surface area contributed by atoms with Gasteiger partial charge in [0.2, 0.25) is 0 Å². The van der Waals surface area contributed by atoms with Crippen molar-refractivity contribution in [3.8, 4) is 0 Å². The molecule has 0 fully saturated rings. The van der Waals surface area contributed by atoms with Gasteiger partial charge in [-0.25, -0.2) is 0 Å². The maximum Gasteiger partial charge on any atom is 0.436 e. The van der Waals surface area contributed by atoms with Crippen LogP contribution in [-0.4, -0.2) is 6.18 Å². The zero-order valence-corrected chi connectivity index (χ0v) is 6.50. The van der Waals surface area contributed by atoms with Crippen LogP contribution in [0.4, 0.5) is 41.4 Å². The summed E-state index contributed by atoms with van der Waals surface area (Å²) in [6.45, 7) is 0. The largest absolute Gasteiger partial charge is 0.436 e. The zero-order chi connectivity index (χ0) is 12.1. The molecule has 0 aromatic rings. The standard InChI is InChI=1S/C3F10S/c4-2(5)1(3(6,7)8)14(9,10,11,12)13. The van der Waals surface area contributed by atoms with Gasteiger partial charge in [0.1, 0.15) is 0 Å². The Bertz CT molecular complexity index is 269. The van der Waals surface area contributed by atoms with Crippen molar-refractivity contribution >= 4 is 10.2 Å². The van der Waals surface area contributed by atoms with E-state index in [1.165, 1.54) is 0 Å². The van der Waals surface area contributed by atoms with E-state index < -0.39 is 27.4 Å². The second kappa shape index (κ2) is 2.31. The van der Waals surface area contributed by atoms with Gasteiger partial charge in [-0.05, 0) is 0 Å². The van der Waals surface area contributed by atoms with Crippen molar-refractivity contribution in [2.24, 2.45) is 0 Å². The van der Waals surface area contributed by atoms with Crippen LogP contribution in [0.1, 0.15) is 0 Å². The van der Waals surface area contributed by atoms with Gasteiger partial charge in [-0.1, -0.05) is 19.4 Å². The van der Waals surface area contributed by atoms with Gasteiger partial charge in [0.25, 0.3) is 11.0 Å². The lowest BCUT2D eigenvalue weighted by Crippen LogP contribution is -2.24. The molecule has 0 unspecified atom stereocenters. The van der Waals surface area contributed by atoms with Crippen LogP contribution in [0.3, 0.4) is 0 Å². The fourth-order valence-corrected chi connectivity index (χ4v) is 1.20. The van der Waals surface area contributed by atoms with E-state index in [0.717, 1.165) is 0 Å². The Morgan fingerprint density at radius 2 is 1.07 bits per heavy atom. The summed E-state index contributed by atoms with van der Waals surface area (Å²) in [5, 5.41) is 0. The van der Waals surface area contributed by atoms with Crippen LogP contribution in [0, 0.1) is 0 Å². The number of rotatable bonds is 1. The molecule has 0 aliphatic rings. The molecule has 0 heterocycles. The first-order valence-electron chi connectivity index (χ1n) is 2.42. The van der Waals surface area contributed by atoms with E-state index in [-0.39, 0.29) is 0 Å². The molecule has 0 amide bonds. The summed E-state index contributed by atoms with van der Waals surface area (Å²) in [6.07, 6.45) is -11.3. The maximum atomic E-state index is 11.4. The highest BCUT2D eigenvalue weighted by atomic mass is 32.5. The van der Waals surface area contributed by atoms with E-state index in [1.807, 2.05) is 0 Å². The molecule has 0 aromatic carbocycles. The molecule has 11 heteroatoms. The van der Waals surface area contributed by atoms with Crippen LogP contribution in [0.2, 0.25) is 0 Å². The van der Waals surface area contributed by atoms with E-state index >= 15 is 0 Å². The summed E-state index contributed by atoms with van der Waals surface area (Å²) >= 11 is 0. The van der Waals surface area contributed by atoms with Crippen molar-refractivity contribution < 1.29 is 41.4 Å². The molecule has 0 aliphatic heterocycles. The summed E-state index contributed by atoms with van der Waals surface area (Å²) in [5.74, 6) is 0. The second-order valence-corrected chi connectivity index (χ2v) is 4.40. The van der Waals surface area contributed by atoms with E-state index in [1.54, 1.807) is 0 Å². The molecule has 14 heavy (non-hydrogen) atoms. The monoisotopic (exact) mass is 258 g/mol. The minimum Gasteiger partial charge on any atom is -0.172 e. The van der Waals surface area contributed by atoms with Crippen LogP contribution in [0.5, 0.6) is 0 Å². The number of hydrogen-bond acceptors (Lipinski definition) is 0. The fourth-order valence-electron chi connectivity index (χ4n) is 0.472. The molecular weight excluding hydrogens is 258 g/mol. The lowest BCUT2D eigenvalue weighted by atomic mass is 10.6. The number of hydrogen-bond donors (Lipinski definition) is 0. The normalized spacial score (nSPS) is 18.4. The van der Waals surface area contributed by atoms with Gasteiger partial charge in [0, 0.05) is 0 Å². The van der Waals surface area contributed by atoms with E-state index in [0.29, 0.717) is 0 Å². The topological polar surface area (TPSA) is 0 Å². The highest BCUT2D eigenvalue weighted by molar-refractivity contribution is 8.48. The Balaban J connectivity index is 5.94. The molecule has 0 N–H and O–H groups in total. The minimum atomic E-state index is -11.4. The van der Waals surface area contributed by atoms with Crippen LogP contribution in [-0.2, 0) is 0 Å². The highest BCUT2D eigenvalue weighted by Gasteiger charge is 2.77. The quantitative estimate of drug-likeness (QED) is 0.583.